The zero-order chi connectivity index (χ0) is 15.2. The Hall–Kier alpha value is -2.11. The number of hydrogen-bond donors (Lipinski definition) is 2. The van der Waals surface area contributed by atoms with E-state index in [1.54, 1.807) is 6.20 Å². The van der Waals surface area contributed by atoms with Crippen molar-refractivity contribution in [1.29, 1.82) is 0 Å². The van der Waals surface area contributed by atoms with Gasteiger partial charge in [0.15, 0.2) is 0 Å². The molecule has 2 rings (SSSR count). The van der Waals surface area contributed by atoms with E-state index in [2.05, 4.69) is 53.4 Å². The van der Waals surface area contributed by atoms with E-state index < -0.39 is 0 Å². The van der Waals surface area contributed by atoms with Crippen LogP contribution in [-0.4, -0.2) is 32.3 Å². The third-order valence-corrected chi connectivity index (χ3v) is 3.03. The molecule has 0 saturated carbocycles. The van der Waals surface area contributed by atoms with Crippen molar-refractivity contribution in [2.24, 2.45) is 0 Å². The molecular weight excluding hydrogens is 264 g/mol. The first-order valence-electron chi connectivity index (χ1n) is 7.45. The molecule has 21 heavy (non-hydrogen) atoms. The summed E-state index contributed by atoms with van der Waals surface area (Å²) in [5, 5.41) is 10.9. The minimum Gasteiger partial charge on any atom is -0.370 e. The third kappa shape index (κ3) is 4.44. The second-order valence-electron chi connectivity index (χ2n) is 5.46. The molecule has 2 heterocycles. The smallest absolute Gasteiger partial charge is 0.135 e. The van der Waals surface area contributed by atoms with E-state index in [1.165, 1.54) is 0 Å². The van der Waals surface area contributed by atoms with Gasteiger partial charge in [-0.1, -0.05) is 13.8 Å². The van der Waals surface area contributed by atoms with Gasteiger partial charge in [0.2, 0.25) is 0 Å². The fourth-order valence-electron chi connectivity index (χ4n) is 2.06. The summed E-state index contributed by atoms with van der Waals surface area (Å²) in [4.78, 5) is 9.12. The maximum atomic E-state index is 4.59. The Morgan fingerprint density at radius 2 is 1.95 bits per heavy atom. The fourth-order valence-corrected chi connectivity index (χ4v) is 2.06. The van der Waals surface area contributed by atoms with Crippen LogP contribution in [-0.2, 0) is 6.54 Å². The Kier molecular flexibility index (Phi) is 5.14. The van der Waals surface area contributed by atoms with Crippen LogP contribution in [0.2, 0.25) is 0 Å². The van der Waals surface area contributed by atoms with Crippen molar-refractivity contribution >= 4 is 11.6 Å². The second-order valence-corrected chi connectivity index (χ2v) is 5.46. The molecule has 0 saturated heterocycles. The van der Waals surface area contributed by atoms with E-state index >= 15 is 0 Å². The Labute approximate surface area is 126 Å². The van der Waals surface area contributed by atoms with Gasteiger partial charge in [0, 0.05) is 37.0 Å². The summed E-state index contributed by atoms with van der Waals surface area (Å²) in [7, 11) is 0. The van der Waals surface area contributed by atoms with Gasteiger partial charge in [-0.3, -0.25) is 4.68 Å². The van der Waals surface area contributed by atoms with Crippen LogP contribution in [0.15, 0.2) is 24.5 Å². The summed E-state index contributed by atoms with van der Waals surface area (Å²) in [6, 6.07) is 4.11. The molecule has 0 aromatic carbocycles. The average Bonchev–Trinajstić information content (AvgIpc) is 2.91. The summed E-state index contributed by atoms with van der Waals surface area (Å²) >= 11 is 0. The number of nitrogens with one attached hydrogen (secondary N) is 2. The zero-order valence-corrected chi connectivity index (χ0v) is 13.2. The lowest BCUT2D eigenvalue weighted by Crippen LogP contribution is -2.23. The lowest BCUT2D eigenvalue weighted by Gasteiger charge is -2.17. The number of nitrogens with zero attached hydrogens (tertiary/aromatic N) is 4. The maximum Gasteiger partial charge on any atom is 0.135 e. The fraction of sp³-hybridized carbons (Fsp3) is 0.533. The van der Waals surface area contributed by atoms with E-state index in [0.717, 1.165) is 30.5 Å². The molecule has 2 aromatic rings. The summed E-state index contributed by atoms with van der Waals surface area (Å²) in [5.74, 6) is 2.86. The van der Waals surface area contributed by atoms with Crippen LogP contribution in [0.1, 0.15) is 39.4 Å². The van der Waals surface area contributed by atoms with Gasteiger partial charge in [-0.05, 0) is 19.9 Å². The van der Waals surface area contributed by atoms with Crippen molar-refractivity contribution in [3.63, 3.8) is 0 Å². The minimum absolute atomic E-state index is 0.231. The summed E-state index contributed by atoms with van der Waals surface area (Å²) in [6.45, 7) is 10.0. The highest BCUT2D eigenvalue weighted by molar-refractivity contribution is 5.48. The summed E-state index contributed by atoms with van der Waals surface area (Å²) in [5.41, 5.74) is 0. The highest BCUT2D eigenvalue weighted by Crippen LogP contribution is 2.17. The first-order chi connectivity index (χ1) is 10.1. The number of aromatic nitrogens is 4. The van der Waals surface area contributed by atoms with Crippen molar-refractivity contribution in [2.75, 3.05) is 17.2 Å². The van der Waals surface area contributed by atoms with Crippen LogP contribution in [0.5, 0.6) is 0 Å². The molecule has 2 N–H and O–H groups in total. The monoisotopic (exact) mass is 288 g/mol. The van der Waals surface area contributed by atoms with Crippen LogP contribution in [0, 0.1) is 0 Å². The van der Waals surface area contributed by atoms with E-state index in [0.29, 0.717) is 5.92 Å². The van der Waals surface area contributed by atoms with E-state index in [4.69, 9.17) is 0 Å². The van der Waals surface area contributed by atoms with Crippen LogP contribution in [0.3, 0.4) is 0 Å². The molecule has 0 amide bonds. The molecule has 0 bridgehead atoms. The normalized spacial score (nSPS) is 12.4. The van der Waals surface area contributed by atoms with Crippen molar-refractivity contribution < 1.29 is 0 Å². The van der Waals surface area contributed by atoms with Crippen molar-refractivity contribution in [3.05, 3.63) is 30.4 Å². The van der Waals surface area contributed by atoms with Gasteiger partial charge in [-0.15, -0.1) is 0 Å². The van der Waals surface area contributed by atoms with Gasteiger partial charge in [0.1, 0.15) is 17.5 Å². The molecule has 0 aliphatic rings. The zero-order valence-electron chi connectivity index (χ0n) is 13.2. The molecule has 6 nitrogen and oxygen atoms in total. The van der Waals surface area contributed by atoms with E-state index in [-0.39, 0.29) is 6.04 Å². The van der Waals surface area contributed by atoms with Crippen LogP contribution < -0.4 is 10.6 Å². The highest BCUT2D eigenvalue weighted by atomic mass is 15.3. The minimum atomic E-state index is 0.231. The molecule has 114 valence electrons. The lowest BCUT2D eigenvalue weighted by molar-refractivity contribution is 0.559. The average molecular weight is 288 g/mol. The molecule has 0 radical (unpaired) electrons. The van der Waals surface area contributed by atoms with E-state index in [9.17, 15) is 0 Å². The molecule has 0 fully saturated rings. The predicted octanol–water partition coefficient (Wildman–Crippen LogP) is 2.73. The van der Waals surface area contributed by atoms with Gasteiger partial charge in [0.25, 0.3) is 0 Å². The number of hydrogen-bond acceptors (Lipinski definition) is 5. The largest absolute Gasteiger partial charge is 0.370 e. The van der Waals surface area contributed by atoms with Gasteiger partial charge in [0.05, 0.1) is 6.54 Å². The summed E-state index contributed by atoms with van der Waals surface area (Å²) in [6.07, 6.45) is 3.75. The van der Waals surface area contributed by atoms with Crippen LogP contribution in [0.25, 0.3) is 0 Å². The molecule has 0 spiro atoms. The van der Waals surface area contributed by atoms with Gasteiger partial charge >= 0.3 is 0 Å². The molecule has 6 heteroatoms. The topological polar surface area (TPSA) is 67.7 Å². The molecule has 0 aliphatic heterocycles. The lowest BCUT2D eigenvalue weighted by atomic mass is 10.2. The van der Waals surface area contributed by atoms with Crippen molar-refractivity contribution in [3.8, 4) is 0 Å². The predicted molar refractivity (Wildman–Crippen MR) is 85.6 cm³/mol. The molecule has 2 aromatic heterocycles. The van der Waals surface area contributed by atoms with Crippen LogP contribution >= 0.6 is 0 Å². The Balaban J connectivity index is 2.10. The number of anilines is 2. The third-order valence-electron chi connectivity index (χ3n) is 3.03. The van der Waals surface area contributed by atoms with Gasteiger partial charge in [-0.2, -0.15) is 5.10 Å². The van der Waals surface area contributed by atoms with Gasteiger partial charge in [-0.25, -0.2) is 9.97 Å². The standard InChI is InChI=1S/C15H24N6/c1-5-16-13-9-14(20-15(19-13)11(2)3)18-12(4)10-21-8-6-7-17-21/h6-9,11-12H,5,10H2,1-4H3,(H2,16,18,19,20). The Morgan fingerprint density at radius 3 is 2.57 bits per heavy atom. The Morgan fingerprint density at radius 1 is 1.19 bits per heavy atom. The second kappa shape index (κ2) is 7.06. The Bertz CT molecular complexity index is 549. The summed E-state index contributed by atoms with van der Waals surface area (Å²) < 4.78 is 1.91. The quantitative estimate of drug-likeness (QED) is 0.820. The molecular formula is C15H24N6. The molecule has 1 unspecified atom stereocenters. The first-order valence-corrected chi connectivity index (χ1v) is 7.45. The van der Waals surface area contributed by atoms with E-state index in [1.807, 2.05) is 23.0 Å². The van der Waals surface area contributed by atoms with Crippen molar-refractivity contribution in [2.45, 2.75) is 46.2 Å². The maximum absolute atomic E-state index is 4.59. The van der Waals surface area contributed by atoms with Crippen molar-refractivity contribution in [1.82, 2.24) is 19.7 Å². The molecule has 0 aliphatic carbocycles. The van der Waals surface area contributed by atoms with Gasteiger partial charge < -0.3 is 10.6 Å². The number of rotatable bonds is 7. The van der Waals surface area contributed by atoms with Crippen LogP contribution in [0.4, 0.5) is 11.6 Å². The SMILES string of the molecule is CCNc1cc(NC(C)Cn2cccn2)nc(C(C)C)n1. The first kappa shape index (κ1) is 15.3. The highest BCUT2D eigenvalue weighted by Gasteiger charge is 2.10. The molecule has 1 atom stereocenters.